The van der Waals surface area contributed by atoms with Gasteiger partial charge in [-0.05, 0) is 26.2 Å². The second kappa shape index (κ2) is 4.42. The Kier molecular flexibility index (Phi) is 3.49. The number of carboxylic acid groups (broad SMARTS) is 1. The van der Waals surface area contributed by atoms with Gasteiger partial charge in [-0.25, -0.2) is 4.79 Å². The lowest BCUT2D eigenvalue weighted by molar-refractivity contribution is -0.197. The smallest absolute Gasteiger partial charge is 0.332 e. The molecular formula is C8H14O4. The van der Waals surface area contributed by atoms with Gasteiger partial charge in [0.05, 0.1) is 0 Å². The highest BCUT2D eigenvalue weighted by Gasteiger charge is 2.20. The van der Waals surface area contributed by atoms with E-state index in [0.717, 1.165) is 19.3 Å². The highest BCUT2D eigenvalue weighted by atomic mass is 16.7. The molecule has 0 spiro atoms. The molecule has 1 saturated heterocycles. The van der Waals surface area contributed by atoms with Gasteiger partial charge in [0.15, 0.2) is 12.4 Å². The number of carbonyl (C=O) groups is 1. The quantitative estimate of drug-likeness (QED) is 0.693. The Morgan fingerprint density at radius 1 is 1.67 bits per heavy atom. The Morgan fingerprint density at radius 2 is 2.42 bits per heavy atom. The lowest BCUT2D eigenvalue weighted by Gasteiger charge is -2.24. The van der Waals surface area contributed by atoms with Gasteiger partial charge in [-0.2, -0.15) is 0 Å². The number of carboxylic acids is 1. The summed E-state index contributed by atoms with van der Waals surface area (Å²) in [4.78, 5) is 10.4. The van der Waals surface area contributed by atoms with E-state index in [-0.39, 0.29) is 6.29 Å². The molecule has 1 aliphatic rings. The molecule has 12 heavy (non-hydrogen) atoms. The van der Waals surface area contributed by atoms with Crippen LogP contribution in [-0.4, -0.2) is 30.1 Å². The predicted octanol–water partition coefficient (Wildman–Crippen LogP) is 1.00. The third-order valence-electron chi connectivity index (χ3n) is 1.84. The van der Waals surface area contributed by atoms with Crippen molar-refractivity contribution in [2.45, 2.75) is 38.6 Å². The fourth-order valence-electron chi connectivity index (χ4n) is 1.10. The van der Waals surface area contributed by atoms with Crippen LogP contribution >= 0.6 is 0 Å². The van der Waals surface area contributed by atoms with E-state index in [1.165, 1.54) is 6.92 Å². The van der Waals surface area contributed by atoms with Crippen LogP contribution in [0, 0.1) is 0 Å². The van der Waals surface area contributed by atoms with Crippen LogP contribution in [0.3, 0.4) is 0 Å². The van der Waals surface area contributed by atoms with Gasteiger partial charge < -0.3 is 14.6 Å². The Morgan fingerprint density at radius 3 is 2.92 bits per heavy atom. The minimum Gasteiger partial charge on any atom is -0.479 e. The maximum atomic E-state index is 10.4. The first-order valence-corrected chi connectivity index (χ1v) is 4.20. The summed E-state index contributed by atoms with van der Waals surface area (Å²) in [6.45, 7) is 2.19. The summed E-state index contributed by atoms with van der Waals surface area (Å²) in [5.74, 6) is -0.941. The first-order valence-electron chi connectivity index (χ1n) is 4.20. The molecule has 1 rings (SSSR count). The summed E-state index contributed by atoms with van der Waals surface area (Å²) in [6, 6.07) is 0. The zero-order valence-electron chi connectivity index (χ0n) is 7.16. The molecule has 0 saturated carbocycles. The molecule has 1 heterocycles. The normalized spacial score (nSPS) is 26.6. The molecule has 0 aromatic heterocycles. The summed E-state index contributed by atoms with van der Waals surface area (Å²) in [5, 5.41) is 8.53. The molecular weight excluding hydrogens is 160 g/mol. The van der Waals surface area contributed by atoms with E-state index >= 15 is 0 Å². The van der Waals surface area contributed by atoms with Gasteiger partial charge in [0.2, 0.25) is 0 Å². The van der Waals surface area contributed by atoms with Crippen molar-refractivity contribution < 1.29 is 19.4 Å². The van der Waals surface area contributed by atoms with E-state index in [4.69, 9.17) is 14.6 Å². The van der Waals surface area contributed by atoms with E-state index in [1.54, 1.807) is 0 Å². The lowest BCUT2D eigenvalue weighted by atomic mass is 10.2. The van der Waals surface area contributed by atoms with E-state index in [9.17, 15) is 4.79 Å². The van der Waals surface area contributed by atoms with Crippen LogP contribution in [0.5, 0.6) is 0 Å². The summed E-state index contributed by atoms with van der Waals surface area (Å²) in [6.07, 6.45) is 1.81. The molecule has 2 unspecified atom stereocenters. The monoisotopic (exact) mass is 174 g/mol. The molecule has 4 nitrogen and oxygen atoms in total. The van der Waals surface area contributed by atoms with Crippen LogP contribution in [0.25, 0.3) is 0 Å². The van der Waals surface area contributed by atoms with Gasteiger partial charge in [-0.3, -0.25) is 0 Å². The minimum absolute atomic E-state index is 0.315. The number of ether oxygens (including phenoxy) is 2. The Bertz CT molecular complexity index is 151. The first kappa shape index (κ1) is 9.48. The molecule has 0 aromatic carbocycles. The van der Waals surface area contributed by atoms with Gasteiger partial charge in [0, 0.05) is 6.61 Å². The topological polar surface area (TPSA) is 55.8 Å². The molecule has 1 fully saturated rings. The largest absolute Gasteiger partial charge is 0.479 e. The summed E-state index contributed by atoms with van der Waals surface area (Å²) < 4.78 is 10.3. The Hall–Kier alpha value is -0.610. The fraction of sp³-hybridized carbons (Fsp3) is 0.875. The van der Waals surface area contributed by atoms with Gasteiger partial charge in [-0.1, -0.05) is 0 Å². The summed E-state index contributed by atoms with van der Waals surface area (Å²) in [7, 11) is 0. The highest BCUT2D eigenvalue weighted by molar-refractivity contribution is 5.71. The van der Waals surface area contributed by atoms with E-state index in [0.29, 0.717) is 6.61 Å². The Balaban J connectivity index is 2.24. The standard InChI is InChI=1S/C8H14O4/c1-6(8(9)10)12-7-4-2-3-5-11-7/h6-7H,2-5H2,1H3,(H,9,10). The van der Waals surface area contributed by atoms with Gasteiger partial charge >= 0.3 is 5.97 Å². The summed E-state index contributed by atoms with van der Waals surface area (Å²) in [5.41, 5.74) is 0. The van der Waals surface area contributed by atoms with Crippen molar-refractivity contribution in [1.82, 2.24) is 0 Å². The van der Waals surface area contributed by atoms with Crippen molar-refractivity contribution in [3.63, 3.8) is 0 Å². The van der Waals surface area contributed by atoms with E-state index in [1.807, 2.05) is 0 Å². The zero-order chi connectivity index (χ0) is 8.97. The number of aliphatic carboxylic acids is 1. The molecule has 2 atom stereocenters. The average molecular weight is 174 g/mol. The number of hydrogen-bond acceptors (Lipinski definition) is 3. The van der Waals surface area contributed by atoms with E-state index < -0.39 is 12.1 Å². The van der Waals surface area contributed by atoms with Gasteiger partial charge in [0.1, 0.15) is 0 Å². The third kappa shape index (κ3) is 2.79. The van der Waals surface area contributed by atoms with Crippen LogP contribution in [0.2, 0.25) is 0 Å². The van der Waals surface area contributed by atoms with Crippen molar-refractivity contribution in [2.75, 3.05) is 6.61 Å². The predicted molar refractivity (Wildman–Crippen MR) is 41.8 cm³/mol. The highest BCUT2D eigenvalue weighted by Crippen LogP contribution is 2.15. The van der Waals surface area contributed by atoms with Crippen LogP contribution < -0.4 is 0 Å². The Labute approximate surface area is 71.5 Å². The van der Waals surface area contributed by atoms with Crippen LogP contribution in [0.4, 0.5) is 0 Å². The van der Waals surface area contributed by atoms with Crippen molar-refractivity contribution in [3.05, 3.63) is 0 Å². The second-order valence-corrected chi connectivity index (χ2v) is 2.91. The van der Waals surface area contributed by atoms with Crippen LogP contribution in [0.1, 0.15) is 26.2 Å². The lowest BCUT2D eigenvalue weighted by Crippen LogP contribution is -2.30. The molecule has 0 amide bonds. The molecule has 0 radical (unpaired) electrons. The molecule has 1 aliphatic heterocycles. The SMILES string of the molecule is CC(OC1CCCCO1)C(=O)O. The molecule has 70 valence electrons. The van der Waals surface area contributed by atoms with Crippen molar-refractivity contribution in [3.8, 4) is 0 Å². The van der Waals surface area contributed by atoms with Crippen molar-refractivity contribution >= 4 is 5.97 Å². The maximum absolute atomic E-state index is 10.4. The zero-order valence-corrected chi connectivity index (χ0v) is 7.16. The van der Waals surface area contributed by atoms with Crippen molar-refractivity contribution in [1.29, 1.82) is 0 Å². The van der Waals surface area contributed by atoms with Gasteiger partial charge in [0.25, 0.3) is 0 Å². The molecule has 0 bridgehead atoms. The van der Waals surface area contributed by atoms with Crippen LogP contribution in [0.15, 0.2) is 0 Å². The third-order valence-corrected chi connectivity index (χ3v) is 1.84. The van der Waals surface area contributed by atoms with E-state index in [2.05, 4.69) is 0 Å². The average Bonchev–Trinajstić information content (AvgIpc) is 2.06. The summed E-state index contributed by atoms with van der Waals surface area (Å²) >= 11 is 0. The minimum atomic E-state index is -0.941. The first-order chi connectivity index (χ1) is 5.70. The van der Waals surface area contributed by atoms with Crippen LogP contribution in [-0.2, 0) is 14.3 Å². The molecule has 1 N–H and O–H groups in total. The number of hydrogen-bond donors (Lipinski definition) is 1. The second-order valence-electron chi connectivity index (χ2n) is 2.91. The molecule has 0 aliphatic carbocycles. The number of rotatable bonds is 3. The molecule has 0 aromatic rings. The maximum Gasteiger partial charge on any atom is 0.332 e. The van der Waals surface area contributed by atoms with Gasteiger partial charge in [-0.15, -0.1) is 0 Å². The van der Waals surface area contributed by atoms with Crippen molar-refractivity contribution in [2.24, 2.45) is 0 Å². The fourth-order valence-corrected chi connectivity index (χ4v) is 1.10. The molecule has 4 heteroatoms.